The van der Waals surface area contributed by atoms with Crippen LogP contribution in [-0.4, -0.2) is 47.4 Å². The third-order valence-electron chi connectivity index (χ3n) is 3.95. The molecular weight excluding hydrogens is 272 g/mol. The van der Waals surface area contributed by atoms with Crippen LogP contribution in [0, 0.1) is 17.3 Å². The molecule has 0 bridgehead atoms. The summed E-state index contributed by atoms with van der Waals surface area (Å²) < 4.78 is 0. The van der Waals surface area contributed by atoms with Crippen LogP contribution in [0.1, 0.15) is 40.5 Å². The average Bonchev–Trinajstić information content (AvgIpc) is 2.44. The first-order valence-corrected chi connectivity index (χ1v) is 7.45. The van der Waals surface area contributed by atoms with Crippen molar-refractivity contribution in [1.82, 2.24) is 10.2 Å². The number of aliphatic carboxylic acids is 1. The Morgan fingerprint density at radius 3 is 2.19 bits per heavy atom. The van der Waals surface area contributed by atoms with E-state index in [9.17, 15) is 14.4 Å². The normalized spacial score (nSPS) is 16.9. The van der Waals surface area contributed by atoms with Gasteiger partial charge < -0.3 is 15.3 Å². The monoisotopic (exact) mass is 298 g/mol. The first kappa shape index (κ1) is 17.5. The van der Waals surface area contributed by atoms with Crippen molar-refractivity contribution in [2.45, 2.75) is 40.5 Å². The molecule has 1 rings (SSSR count). The van der Waals surface area contributed by atoms with Gasteiger partial charge in [-0.2, -0.15) is 0 Å². The Morgan fingerprint density at radius 2 is 1.76 bits per heavy atom. The van der Waals surface area contributed by atoms with E-state index in [0.717, 1.165) is 0 Å². The van der Waals surface area contributed by atoms with E-state index in [1.54, 1.807) is 18.7 Å². The van der Waals surface area contributed by atoms with Gasteiger partial charge in [-0.3, -0.25) is 14.4 Å². The average molecular weight is 298 g/mol. The summed E-state index contributed by atoms with van der Waals surface area (Å²) in [5, 5.41) is 11.7. The Labute approximate surface area is 125 Å². The van der Waals surface area contributed by atoms with Crippen molar-refractivity contribution in [3.63, 3.8) is 0 Å². The number of nitrogens with one attached hydrogen (secondary N) is 1. The van der Waals surface area contributed by atoms with Crippen LogP contribution >= 0.6 is 0 Å². The summed E-state index contributed by atoms with van der Waals surface area (Å²) in [5.41, 5.74) is -0.968. The zero-order chi connectivity index (χ0) is 16.2. The minimum absolute atomic E-state index is 0.0215. The van der Waals surface area contributed by atoms with E-state index in [-0.39, 0.29) is 30.2 Å². The molecule has 120 valence electrons. The highest BCUT2D eigenvalue weighted by Gasteiger charge is 2.31. The summed E-state index contributed by atoms with van der Waals surface area (Å²) in [6, 6.07) is 0. The predicted molar refractivity (Wildman–Crippen MR) is 78.6 cm³/mol. The summed E-state index contributed by atoms with van der Waals surface area (Å²) in [5.74, 6) is -1.07. The lowest BCUT2D eigenvalue weighted by Gasteiger charge is -2.33. The smallest absolute Gasteiger partial charge is 0.310 e. The van der Waals surface area contributed by atoms with Crippen LogP contribution in [0.25, 0.3) is 0 Å². The molecule has 6 nitrogen and oxygen atoms in total. The van der Waals surface area contributed by atoms with Gasteiger partial charge in [-0.15, -0.1) is 0 Å². The fraction of sp³-hybridized carbons (Fsp3) is 0.800. The maximum Gasteiger partial charge on any atom is 0.310 e. The van der Waals surface area contributed by atoms with Crippen molar-refractivity contribution in [3.05, 3.63) is 0 Å². The number of nitrogens with zero attached hydrogens (tertiary/aromatic N) is 1. The molecule has 0 spiro atoms. The molecule has 0 unspecified atom stereocenters. The van der Waals surface area contributed by atoms with Crippen LogP contribution in [0.5, 0.6) is 0 Å². The van der Waals surface area contributed by atoms with E-state index in [1.165, 1.54) is 0 Å². The lowest BCUT2D eigenvalue weighted by Crippen LogP contribution is -2.46. The summed E-state index contributed by atoms with van der Waals surface area (Å²) in [6.45, 7) is 8.21. The van der Waals surface area contributed by atoms with Gasteiger partial charge in [0, 0.05) is 31.5 Å². The fourth-order valence-corrected chi connectivity index (χ4v) is 2.26. The van der Waals surface area contributed by atoms with Crippen molar-refractivity contribution in [3.8, 4) is 0 Å². The van der Waals surface area contributed by atoms with E-state index >= 15 is 0 Å². The zero-order valence-corrected chi connectivity index (χ0v) is 13.3. The Hall–Kier alpha value is -1.59. The van der Waals surface area contributed by atoms with Gasteiger partial charge in [0.1, 0.15) is 0 Å². The molecule has 21 heavy (non-hydrogen) atoms. The second-order valence-corrected chi connectivity index (χ2v) is 6.66. The minimum Gasteiger partial charge on any atom is -0.481 e. The largest absolute Gasteiger partial charge is 0.481 e. The van der Waals surface area contributed by atoms with E-state index in [4.69, 9.17) is 5.11 Å². The van der Waals surface area contributed by atoms with Gasteiger partial charge in [0.05, 0.1) is 5.41 Å². The number of likely N-dealkylation sites (tertiary alicyclic amines) is 1. The number of carbonyl (C=O) groups is 3. The number of carbonyl (C=O) groups excluding carboxylic acids is 2. The Morgan fingerprint density at radius 1 is 1.24 bits per heavy atom. The van der Waals surface area contributed by atoms with Crippen molar-refractivity contribution in [1.29, 1.82) is 0 Å². The first-order chi connectivity index (χ1) is 9.65. The molecule has 0 aliphatic carbocycles. The van der Waals surface area contributed by atoms with Crippen LogP contribution in [-0.2, 0) is 14.4 Å². The number of carboxylic acids is 1. The maximum atomic E-state index is 12.1. The molecule has 1 heterocycles. The summed E-state index contributed by atoms with van der Waals surface area (Å²) in [7, 11) is 0. The van der Waals surface area contributed by atoms with Crippen molar-refractivity contribution in [2.75, 3.05) is 19.6 Å². The Kier molecular flexibility index (Phi) is 5.75. The summed E-state index contributed by atoms with van der Waals surface area (Å²) in [6.07, 6.45) is 1.27. The molecule has 1 aliphatic rings. The van der Waals surface area contributed by atoms with Gasteiger partial charge in [-0.05, 0) is 26.7 Å². The highest BCUT2D eigenvalue weighted by Crippen LogP contribution is 2.20. The number of hydrogen-bond acceptors (Lipinski definition) is 3. The standard InChI is InChI=1S/C15H26N2O4/c1-10(2)13(19)17-7-5-11(6-8-17)12(18)16-9-15(3,4)14(20)21/h10-11H,5-9H2,1-4H3,(H,16,18)(H,20,21). The topological polar surface area (TPSA) is 86.7 Å². The van der Waals surface area contributed by atoms with Gasteiger partial charge in [0.2, 0.25) is 11.8 Å². The van der Waals surface area contributed by atoms with Gasteiger partial charge >= 0.3 is 5.97 Å². The van der Waals surface area contributed by atoms with Crippen molar-refractivity contribution < 1.29 is 19.5 Å². The first-order valence-electron chi connectivity index (χ1n) is 7.45. The van der Waals surface area contributed by atoms with Crippen molar-refractivity contribution in [2.24, 2.45) is 17.3 Å². The zero-order valence-electron chi connectivity index (χ0n) is 13.3. The van der Waals surface area contributed by atoms with Crippen LogP contribution in [0.15, 0.2) is 0 Å². The number of carboxylic acid groups (broad SMARTS) is 1. The second kappa shape index (κ2) is 6.91. The van der Waals surface area contributed by atoms with Gasteiger partial charge in [-0.25, -0.2) is 0 Å². The number of amides is 2. The Bertz CT molecular complexity index is 410. The van der Waals surface area contributed by atoms with Crippen molar-refractivity contribution >= 4 is 17.8 Å². The molecule has 0 aromatic carbocycles. The van der Waals surface area contributed by atoms with Gasteiger partial charge in [0.15, 0.2) is 0 Å². The molecule has 0 aromatic heterocycles. The quantitative estimate of drug-likeness (QED) is 0.796. The fourth-order valence-electron chi connectivity index (χ4n) is 2.26. The lowest BCUT2D eigenvalue weighted by atomic mass is 9.92. The molecule has 6 heteroatoms. The van der Waals surface area contributed by atoms with E-state index in [0.29, 0.717) is 25.9 Å². The van der Waals surface area contributed by atoms with E-state index in [1.807, 2.05) is 13.8 Å². The van der Waals surface area contributed by atoms with E-state index in [2.05, 4.69) is 5.32 Å². The minimum atomic E-state index is -0.968. The second-order valence-electron chi connectivity index (χ2n) is 6.66. The Balaban J connectivity index is 2.42. The molecular formula is C15H26N2O4. The summed E-state index contributed by atoms with van der Waals surface area (Å²) in [4.78, 5) is 36.7. The number of piperidine rings is 1. The van der Waals surface area contributed by atoms with Crippen LogP contribution in [0.2, 0.25) is 0 Å². The summed E-state index contributed by atoms with van der Waals surface area (Å²) >= 11 is 0. The highest BCUT2D eigenvalue weighted by atomic mass is 16.4. The molecule has 1 fully saturated rings. The molecule has 0 atom stereocenters. The highest BCUT2D eigenvalue weighted by molar-refractivity contribution is 5.81. The van der Waals surface area contributed by atoms with Crippen LogP contribution < -0.4 is 5.32 Å². The van der Waals surface area contributed by atoms with Gasteiger partial charge in [-0.1, -0.05) is 13.8 Å². The number of rotatable bonds is 5. The molecule has 0 aromatic rings. The molecule has 0 radical (unpaired) electrons. The van der Waals surface area contributed by atoms with Crippen LogP contribution in [0.3, 0.4) is 0 Å². The molecule has 2 amide bonds. The lowest BCUT2D eigenvalue weighted by molar-refractivity contribution is -0.147. The SMILES string of the molecule is CC(C)C(=O)N1CCC(C(=O)NCC(C)(C)C(=O)O)CC1. The molecule has 2 N–H and O–H groups in total. The van der Waals surface area contributed by atoms with Gasteiger partial charge in [0.25, 0.3) is 0 Å². The molecule has 1 aliphatic heterocycles. The van der Waals surface area contributed by atoms with Crippen LogP contribution in [0.4, 0.5) is 0 Å². The predicted octanol–water partition coefficient (Wildman–Crippen LogP) is 1.11. The third kappa shape index (κ3) is 4.72. The molecule has 0 saturated carbocycles. The maximum absolute atomic E-state index is 12.1. The third-order valence-corrected chi connectivity index (χ3v) is 3.95. The van der Waals surface area contributed by atoms with E-state index < -0.39 is 11.4 Å². The molecule has 1 saturated heterocycles. The number of hydrogen-bond donors (Lipinski definition) is 2.